The van der Waals surface area contributed by atoms with Crippen LogP contribution in [0.2, 0.25) is 0 Å². The highest BCUT2D eigenvalue weighted by atomic mass is 16.2. The van der Waals surface area contributed by atoms with E-state index in [0.717, 1.165) is 44.3 Å². The third kappa shape index (κ3) is 2.06. The minimum atomic E-state index is -0.296. The van der Waals surface area contributed by atoms with Crippen LogP contribution in [0.15, 0.2) is 24.3 Å². The van der Waals surface area contributed by atoms with E-state index in [2.05, 4.69) is 12.1 Å². The van der Waals surface area contributed by atoms with E-state index in [1.54, 1.807) is 0 Å². The molecule has 3 rings (SSSR count). The van der Waals surface area contributed by atoms with Crippen LogP contribution in [0.25, 0.3) is 0 Å². The van der Waals surface area contributed by atoms with Gasteiger partial charge in [-0.15, -0.1) is 0 Å². The number of hydrogen-bond donors (Lipinski definition) is 1. The van der Waals surface area contributed by atoms with Crippen LogP contribution >= 0.6 is 0 Å². The number of rotatable bonds is 2. The number of amides is 1. The molecule has 2 N–H and O–H groups in total. The number of benzene rings is 1. The standard InChI is InChI=1S/C16H22N2O/c17-12-16(9-4-1-5-10-16)15(19)18-11-8-13-6-2-3-7-14(13)18/h2-3,6-7H,1,4-5,8-12,17H2. The van der Waals surface area contributed by atoms with Gasteiger partial charge >= 0.3 is 0 Å². The zero-order valence-corrected chi connectivity index (χ0v) is 11.4. The molecule has 0 radical (unpaired) electrons. The van der Waals surface area contributed by atoms with Crippen LogP contribution < -0.4 is 10.6 Å². The summed E-state index contributed by atoms with van der Waals surface area (Å²) in [6.07, 6.45) is 6.41. The summed E-state index contributed by atoms with van der Waals surface area (Å²) in [5.74, 6) is 0.264. The summed E-state index contributed by atoms with van der Waals surface area (Å²) in [5, 5.41) is 0. The normalized spacial score (nSPS) is 21.2. The molecule has 3 heteroatoms. The molecule has 1 aliphatic carbocycles. The Balaban J connectivity index is 1.88. The summed E-state index contributed by atoms with van der Waals surface area (Å²) >= 11 is 0. The van der Waals surface area contributed by atoms with Gasteiger partial charge in [0.1, 0.15) is 0 Å². The van der Waals surface area contributed by atoms with Crippen molar-refractivity contribution in [3.05, 3.63) is 29.8 Å². The molecule has 0 unspecified atom stereocenters. The van der Waals surface area contributed by atoms with Crippen molar-refractivity contribution in [1.82, 2.24) is 0 Å². The highest BCUT2D eigenvalue weighted by Crippen LogP contribution is 2.40. The predicted octanol–water partition coefficient (Wildman–Crippen LogP) is 2.48. The van der Waals surface area contributed by atoms with Gasteiger partial charge in [0.05, 0.1) is 5.41 Å². The molecule has 1 saturated carbocycles. The lowest BCUT2D eigenvalue weighted by atomic mass is 9.73. The molecule has 0 aromatic heterocycles. The van der Waals surface area contributed by atoms with Crippen molar-refractivity contribution in [2.45, 2.75) is 38.5 Å². The summed E-state index contributed by atoms with van der Waals surface area (Å²) in [6, 6.07) is 8.25. The first-order chi connectivity index (χ1) is 9.27. The van der Waals surface area contributed by atoms with Gasteiger partial charge in [0.15, 0.2) is 0 Å². The van der Waals surface area contributed by atoms with Crippen LogP contribution in [0.1, 0.15) is 37.7 Å². The molecule has 0 saturated heterocycles. The summed E-state index contributed by atoms with van der Waals surface area (Å²) in [4.78, 5) is 14.9. The van der Waals surface area contributed by atoms with Crippen molar-refractivity contribution in [1.29, 1.82) is 0 Å². The second-order valence-corrected chi connectivity index (χ2v) is 5.88. The van der Waals surface area contributed by atoms with Crippen LogP contribution in [-0.2, 0) is 11.2 Å². The predicted molar refractivity (Wildman–Crippen MR) is 77.1 cm³/mol. The maximum absolute atomic E-state index is 13.0. The molecular weight excluding hydrogens is 236 g/mol. The molecule has 1 aliphatic heterocycles. The first-order valence-corrected chi connectivity index (χ1v) is 7.37. The summed E-state index contributed by atoms with van der Waals surface area (Å²) < 4.78 is 0. The van der Waals surface area contributed by atoms with Gasteiger partial charge in [0.2, 0.25) is 5.91 Å². The highest BCUT2D eigenvalue weighted by Gasteiger charge is 2.42. The van der Waals surface area contributed by atoms with Crippen LogP contribution in [0, 0.1) is 5.41 Å². The van der Waals surface area contributed by atoms with Gasteiger partial charge < -0.3 is 10.6 Å². The molecule has 0 atom stereocenters. The lowest BCUT2D eigenvalue weighted by Crippen LogP contribution is -2.48. The van der Waals surface area contributed by atoms with Crippen LogP contribution in [-0.4, -0.2) is 19.0 Å². The fourth-order valence-corrected chi connectivity index (χ4v) is 3.57. The average molecular weight is 258 g/mol. The summed E-state index contributed by atoms with van der Waals surface area (Å²) in [6.45, 7) is 1.31. The van der Waals surface area contributed by atoms with Crippen molar-refractivity contribution in [3.8, 4) is 0 Å². The first-order valence-electron chi connectivity index (χ1n) is 7.37. The molecule has 1 fully saturated rings. The Hall–Kier alpha value is -1.35. The van der Waals surface area contributed by atoms with Crippen LogP contribution in [0.3, 0.4) is 0 Å². The second kappa shape index (κ2) is 4.97. The molecule has 1 aromatic rings. The molecular formula is C16H22N2O. The Morgan fingerprint density at radius 3 is 2.68 bits per heavy atom. The summed E-state index contributed by atoms with van der Waals surface area (Å²) in [5.41, 5.74) is 8.08. The zero-order chi connectivity index (χ0) is 13.3. The van der Waals surface area contributed by atoms with E-state index in [-0.39, 0.29) is 11.3 Å². The lowest BCUT2D eigenvalue weighted by molar-refractivity contribution is -0.129. The van der Waals surface area contributed by atoms with Gasteiger partial charge in [-0.2, -0.15) is 0 Å². The minimum Gasteiger partial charge on any atom is -0.329 e. The fraction of sp³-hybridized carbons (Fsp3) is 0.562. The molecule has 1 amide bonds. The Bertz CT molecular complexity index is 477. The van der Waals surface area contributed by atoms with E-state index < -0.39 is 0 Å². The Kier molecular flexibility index (Phi) is 3.31. The number of nitrogens with two attached hydrogens (primary N) is 1. The molecule has 2 aliphatic rings. The topological polar surface area (TPSA) is 46.3 Å². The fourth-order valence-electron chi connectivity index (χ4n) is 3.57. The maximum Gasteiger partial charge on any atom is 0.234 e. The van der Waals surface area contributed by atoms with E-state index in [1.165, 1.54) is 12.0 Å². The maximum atomic E-state index is 13.0. The summed E-state index contributed by atoms with van der Waals surface area (Å²) in [7, 11) is 0. The monoisotopic (exact) mass is 258 g/mol. The molecule has 3 nitrogen and oxygen atoms in total. The SMILES string of the molecule is NCC1(C(=O)N2CCc3ccccc32)CCCCC1. The first kappa shape index (κ1) is 12.7. The number of para-hydroxylation sites is 1. The molecule has 1 heterocycles. The molecule has 0 bridgehead atoms. The van der Waals surface area contributed by atoms with Gasteiger partial charge in [0, 0.05) is 18.8 Å². The number of anilines is 1. The van der Waals surface area contributed by atoms with Gasteiger partial charge in [-0.25, -0.2) is 0 Å². The lowest BCUT2D eigenvalue weighted by Gasteiger charge is -2.38. The van der Waals surface area contributed by atoms with E-state index in [0.29, 0.717) is 6.54 Å². The van der Waals surface area contributed by atoms with Crippen molar-refractivity contribution in [2.75, 3.05) is 18.0 Å². The Morgan fingerprint density at radius 1 is 1.21 bits per heavy atom. The largest absolute Gasteiger partial charge is 0.329 e. The second-order valence-electron chi connectivity index (χ2n) is 5.88. The van der Waals surface area contributed by atoms with Crippen molar-refractivity contribution in [3.63, 3.8) is 0 Å². The Morgan fingerprint density at radius 2 is 1.95 bits per heavy atom. The number of carbonyl (C=O) groups excluding carboxylic acids is 1. The third-order valence-electron chi connectivity index (χ3n) is 4.79. The molecule has 19 heavy (non-hydrogen) atoms. The van der Waals surface area contributed by atoms with Crippen LogP contribution in [0.4, 0.5) is 5.69 Å². The van der Waals surface area contributed by atoms with Crippen molar-refractivity contribution >= 4 is 11.6 Å². The smallest absolute Gasteiger partial charge is 0.234 e. The van der Waals surface area contributed by atoms with E-state index >= 15 is 0 Å². The van der Waals surface area contributed by atoms with Gasteiger partial charge in [-0.1, -0.05) is 37.5 Å². The average Bonchev–Trinajstić information content (AvgIpc) is 2.91. The number of carbonyl (C=O) groups is 1. The Labute approximate surface area is 114 Å². The van der Waals surface area contributed by atoms with Gasteiger partial charge in [-0.3, -0.25) is 4.79 Å². The zero-order valence-electron chi connectivity index (χ0n) is 11.4. The highest BCUT2D eigenvalue weighted by molar-refractivity contribution is 5.99. The number of hydrogen-bond acceptors (Lipinski definition) is 2. The third-order valence-corrected chi connectivity index (χ3v) is 4.79. The molecule has 1 aromatic carbocycles. The molecule has 102 valence electrons. The quantitative estimate of drug-likeness (QED) is 0.886. The van der Waals surface area contributed by atoms with Gasteiger partial charge in [-0.05, 0) is 30.9 Å². The van der Waals surface area contributed by atoms with E-state index in [1.807, 2.05) is 17.0 Å². The van der Waals surface area contributed by atoms with Crippen LogP contribution in [0.5, 0.6) is 0 Å². The van der Waals surface area contributed by atoms with Crippen molar-refractivity contribution < 1.29 is 4.79 Å². The van der Waals surface area contributed by atoms with E-state index in [9.17, 15) is 4.79 Å². The molecule has 0 spiro atoms. The van der Waals surface area contributed by atoms with E-state index in [4.69, 9.17) is 5.73 Å². The minimum absolute atomic E-state index is 0.264. The van der Waals surface area contributed by atoms with Gasteiger partial charge in [0.25, 0.3) is 0 Å². The number of fused-ring (bicyclic) bond motifs is 1. The number of nitrogens with zero attached hydrogens (tertiary/aromatic N) is 1. The van der Waals surface area contributed by atoms with Crippen molar-refractivity contribution in [2.24, 2.45) is 11.1 Å².